The number of hydrogen-bond donors (Lipinski definition) is 2. The van der Waals surface area contributed by atoms with E-state index in [2.05, 4.69) is 11.7 Å². The molecule has 0 fully saturated rings. The first-order valence-corrected chi connectivity index (χ1v) is 16.4. The van der Waals surface area contributed by atoms with E-state index in [1.54, 1.807) is 116 Å². The summed E-state index contributed by atoms with van der Waals surface area (Å²) in [5.74, 6) is -0.165. The molecule has 3 N–H and O–H groups in total. The summed E-state index contributed by atoms with van der Waals surface area (Å²) in [5.41, 5.74) is 6.79. The third-order valence-electron chi connectivity index (χ3n) is 6.00. The Kier molecular flexibility index (Phi) is 11.0. The topological polar surface area (TPSA) is 144 Å². The Hall–Kier alpha value is -4.11. The summed E-state index contributed by atoms with van der Waals surface area (Å²) < 4.78 is 24.9. The fourth-order valence-electron chi connectivity index (χ4n) is 3.70. The van der Waals surface area contributed by atoms with E-state index in [0.717, 1.165) is 15.1 Å². The van der Waals surface area contributed by atoms with Gasteiger partial charge in [0.1, 0.15) is 17.0 Å². The van der Waals surface area contributed by atoms with Crippen molar-refractivity contribution in [3.05, 3.63) is 73.0 Å². The monoisotopic (exact) mass is 612 g/mol. The minimum Gasteiger partial charge on any atom is -0.443 e. The number of nitrogens with one attached hydrogen (secondary N) is 1. The lowest BCUT2D eigenvalue weighted by molar-refractivity contribution is 0.0513. The van der Waals surface area contributed by atoms with Gasteiger partial charge in [-0.15, -0.1) is 0 Å². The van der Waals surface area contributed by atoms with E-state index in [1.807, 2.05) is 6.92 Å². The summed E-state index contributed by atoms with van der Waals surface area (Å²) in [7, 11) is -0.786. The Balaban J connectivity index is 2.41. The van der Waals surface area contributed by atoms with Crippen molar-refractivity contribution in [1.29, 1.82) is 5.41 Å². The molecule has 43 heavy (non-hydrogen) atoms. The lowest BCUT2D eigenvalue weighted by atomic mass is 10.1. The van der Waals surface area contributed by atoms with Gasteiger partial charge in [0.05, 0.1) is 19.0 Å². The van der Waals surface area contributed by atoms with E-state index in [0.29, 0.717) is 22.6 Å². The second kappa shape index (κ2) is 13.5. The van der Waals surface area contributed by atoms with Gasteiger partial charge in [-0.1, -0.05) is 25.6 Å². The molecule has 1 atom stereocenters. The fraction of sp³-hybridized carbons (Fsp3) is 0.419. The first-order chi connectivity index (χ1) is 19.6. The molecule has 0 radical (unpaired) electrons. The number of allylic oxidation sites excluding steroid dienone is 2. The highest BCUT2D eigenvalue weighted by atomic mass is 31.2. The first-order valence-electron chi connectivity index (χ1n) is 13.7. The first kappa shape index (κ1) is 35.1. The van der Waals surface area contributed by atoms with Crippen LogP contribution >= 0.6 is 7.14 Å². The molecule has 0 spiro atoms. The number of nitrogens with two attached hydrogens (primary N) is 1. The van der Waals surface area contributed by atoms with Crippen molar-refractivity contribution < 1.29 is 23.6 Å². The third-order valence-corrected chi connectivity index (χ3v) is 8.13. The van der Waals surface area contributed by atoms with Crippen LogP contribution in [0.3, 0.4) is 0 Å². The summed E-state index contributed by atoms with van der Waals surface area (Å²) in [5, 5.41) is 12.9. The number of nitrogens with zero attached hydrogens (tertiary/aromatic N) is 4. The number of amides is 1. The largest absolute Gasteiger partial charge is 0.443 e. The van der Waals surface area contributed by atoms with Crippen LogP contribution in [0.5, 0.6) is 0 Å². The van der Waals surface area contributed by atoms with Gasteiger partial charge >= 0.3 is 12.2 Å². The van der Waals surface area contributed by atoms with Crippen molar-refractivity contribution in [3.8, 4) is 11.1 Å². The molecule has 1 amide bonds. The van der Waals surface area contributed by atoms with E-state index in [9.17, 15) is 14.2 Å². The highest BCUT2D eigenvalue weighted by molar-refractivity contribution is 7.63. The summed E-state index contributed by atoms with van der Waals surface area (Å²) in [4.78, 5) is 28.5. The lowest BCUT2D eigenvalue weighted by Gasteiger charge is -2.28. The smallest absolute Gasteiger partial charge is 0.435 e. The summed E-state index contributed by atoms with van der Waals surface area (Å²) in [6.07, 6.45) is 6.45. The van der Waals surface area contributed by atoms with Crippen molar-refractivity contribution >= 4 is 30.9 Å². The molecule has 0 bridgehead atoms. The Bertz CT molecular complexity index is 1450. The number of aromatic nitrogens is 2. The summed E-state index contributed by atoms with van der Waals surface area (Å²) in [6.45, 7) is 19.5. The number of ether oxygens (including phenoxy) is 2. The average molecular weight is 613 g/mol. The molecule has 1 heterocycles. The fourth-order valence-corrected chi connectivity index (χ4v) is 4.60. The van der Waals surface area contributed by atoms with Crippen LogP contribution in [0.15, 0.2) is 73.0 Å². The second-order valence-corrected chi connectivity index (χ2v) is 16.2. The molecule has 0 aliphatic rings. The van der Waals surface area contributed by atoms with Gasteiger partial charge in [-0.05, 0) is 84.7 Å². The molecular weight excluding hydrogens is 567 g/mol. The molecule has 0 aliphatic heterocycles. The third kappa shape index (κ3) is 10.6. The van der Waals surface area contributed by atoms with E-state index in [4.69, 9.17) is 20.6 Å². The Labute approximate surface area is 254 Å². The standard InChI is InChI=1S/C31H45N6O5P/c1-21(32)18-26(22(2)43(10,11)40)35(9)17-16-27(33)37(29(39)42-31(6,7)8)25-14-12-23(13-15-25)24-19-34-36(20-24)28(38)41-30(3,4)5/h12-20,22,33H,1,32H2,2-11H3/b17-16-,26-18+,33-27?/t22-/m0/s1. The molecule has 2 rings (SSSR count). The molecule has 0 saturated carbocycles. The van der Waals surface area contributed by atoms with Gasteiger partial charge in [-0.2, -0.15) is 9.78 Å². The average Bonchev–Trinajstić information content (AvgIpc) is 3.34. The second-order valence-electron chi connectivity index (χ2n) is 12.6. The quantitative estimate of drug-likeness (QED) is 0.142. The van der Waals surface area contributed by atoms with Gasteiger partial charge in [0.25, 0.3) is 0 Å². The van der Waals surface area contributed by atoms with Crippen LogP contribution in [0.4, 0.5) is 15.3 Å². The van der Waals surface area contributed by atoms with Crippen molar-refractivity contribution in [1.82, 2.24) is 14.7 Å². The van der Waals surface area contributed by atoms with Crippen LogP contribution in [-0.4, -0.2) is 69.9 Å². The Morgan fingerprint density at radius 3 is 2.12 bits per heavy atom. The maximum atomic E-state index is 13.3. The Morgan fingerprint density at radius 1 is 1.07 bits per heavy atom. The van der Waals surface area contributed by atoms with Crippen molar-refractivity contribution in [2.24, 2.45) is 5.73 Å². The zero-order chi connectivity index (χ0) is 32.9. The van der Waals surface area contributed by atoms with Crippen molar-refractivity contribution in [2.75, 3.05) is 25.3 Å². The molecule has 0 saturated heterocycles. The molecule has 11 nitrogen and oxygen atoms in total. The van der Waals surface area contributed by atoms with E-state index >= 15 is 0 Å². The number of rotatable bonds is 8. The zero-order valence-electron chi connectivity index (χ0n) is 26.8. The highest BCUT2D eigenvalue weighted by Crippen LogP contribution is 2.46. The maximum Gasteiger partial charge on any atom is 0.435 e. The van der Waals surface area contributed by atoms with Crippen LogP contribution in [0, 0.1) is 5.41 Å². The van der Waals surface area contributed by atoms with Gasteiger partial charge in [-0.25, -0.2) is 14.5 Å². The minimum atomic E-state index is -2.53. The minimum absolute atomic E-state index is 0.165. The molecule has 2 aromatic rings. The molecule has 0 unspecified atom stereocenters. The Morgan fingerprint density at radius 2 is 1.63 bits per heavy atom. The van der Waals surface area contributed by atoms with E-state index in [1.165, 1.54) is 6.08 Å². The molecule has 0 aliphatic carbocycles. The van der Waals surface area contributed by atoms with Crippen LogP contribution in [0.2, 0.25) is 0 Å². The van der Waals surface area contributed by atoms with Crippen LogP contribution in [-0.2, 0) is 14.0 Å². The van der Waals surface area contributed by atoms with Crippen LogP contribution in [0.1, 0.15) is 48.5 Å². The molecule has 12 heteroatoms. The number of carbonyl (C=O) groups excluding carboxylic acids is 2. The maximum absolute atomic E-state index is 13.3. The van der Waals surface area contributed by atoms with E-state index < -0.39 is 30.5 Å². The highest BCUT2D eigenvalue weighted by Gasteiger charge is 2.27. The van der Waals surface area contributed by atoms with E-state index in [-0.39, 0.29) is 11.5 Å². The number of benzene rings is 1. The van der Waals surface area contributed by atoms with Gasteiger partial charge in [0.2, 0.25) is 0 Å². The summed E-state index contributed by atoms with van der Waals surface area (Å²) >= 11 is 0. The molecule has 234 valence electrons. The zero-order valence-corrected chi connectivity index (χ0v) is 27.7. The van der Waals surface area contributed by atoms with Gasteiger partial charge < -0.3 is 24.7 Å². The normalized spacial score (nSPS) is 13.4. The number of carbonyl (C=O) groups is 2. The predicted octanol–water partition coefficient (Wildman–Crippen LogP) is 6.87. The molecule has 1 aromatic carbocycles. The number of anilines is 1. The van der Waals surface area contributed by atoms with Crippen LogP contribution < -0.4 is 10.6 Å². The van der Waals surface area contributed by atoms with Crippen molar-refractivity contribution in [2.45, 2.75) is 65.3 Å². The van der Waals surface area contributed by atoms with Gasteiger partial charge in [0, 0.05) is 42.1 Å². The lowest BCUT2D eigenvalue weighted by Crippen LogP contribution is -2.40. The number of amidine groups is 1. The van der Waals surface area contributed by atoms with Crippen LogP contribution in [0.25, 0.3) is 11.1 Å². The van der Waals surface area contributed by atoms with Gasteiger partial charge in [-0.3, -0.25) is 5.41 Å². The predicted molar refractivity (Wildman–Crippen MR) is 173 cm³/mol. The molecular formula is C31H45N6O5P. The van der Waals surface area contributed by atoms with Crippen molar-refractivity contribution in [3.63, 3.8) is 0 Å². The SMILES string of the molecule is C=C(N)/C=C(\[C@H](C)P(C)(C)=O)N(C)/C=C\C(=N)N(C(=O)OC(C)(C)C)c1ccc(-c2cnn(C(=O)OC(C)(C)C)c2)cc1. The summed E-state index contributed by atoms with van der Waals surface area (Å²) in [6, 6.07) is 6.85. The molecule has 1 aromatic heterocycles. The van der Waals surface area contributed by atoms with Gasteiger partial charge in [0.15, 0.2) is 0 Å². The number of hydrogen-bond acceptors (Lipinski definition) is 9.